The average molecular weight is 283 g/mol. The van der Waals surface area contributed by atoms with Crippen LogP contribution in [-0.4, -0.2) is 17.2 Å². The van der Waals surface area contributed by atoms with E-state index in [2.05, 4.69) is 10.3 Å². The van der Waals surface area contributed by atoms with Crippen LogP contribution in [0.5, 0.6) is 0 Å². The summed E-state index contributed by atoms with van der Waals surface area (Å²) in [4.78, 5) is 25.0. The zero-order valence-corrected chi connectivity index (χ0v) is 10.5. The lowest BCUT2D eigenvalue weighted by molar-refractivity contribution is 0.102. The molecule has 18 heavy (non-hydrogen) atoms. The fraction of sp³-hybridized carbons (Fsp3) is 0. The Morgan fingerprint density at radius 3 is 2.39 bits per heavy atom. The Kier molecular flexibility index (Phi) is 3.69. The van der Waals surface area contributed by atoms with Gasteiger partial charge in [0.05, 0.1) is 21.4 Å². The van der Waals surface area contributed by atoms with Gasteiger partial charge in [0.1, 0.15) is 5.69 Å². The summed E-state index contributed by atoms with van der Waals surface area (Å²) in [5.41, 5.74) is 0.923. The molecule has 92 valence electrons. The third-order valence-electron chi connectivity index (χ3n) is 2.28. The normalized spacial score (nSPS) is 10.1. The molecule has 1 heterocycles. The van der Waals surface area contributed by atoms with Crippen LogP contribution in [0.4, 0.5) is 5.69 Å². The number of hydrogen-bond acceptors (Lipinski definition) is 2. The molecular weight excluding hydrogens is 275 g/mol. The molecule has 0 radical (unpaired) electrons. The fourth-order valence-electron chi connectivity index (χ4n) is 1.41. The third-order valence-corrected chi connectivity index (χ3v) is 2.91. The molecule has 2 N–H and O–H groups in total. The SMILES string of the molecule is O=Cc1ccc(C(=O)Nc2c(Cl)cccc2Cl)[nH]1. The first-order valence-electron chi connectivity index (χ1n) is 5.01. The van der Waals surface area contributed by atoms with E-state index in [-0.39, 0.29) is 5.69 Å². The van der Waals surface area contributed by atoms with Crippen LogP contribution in [0.1, 0.15) is 21.0 Å². The van der Waals surface area contributed by atoms with Crippen LogP contribution in [0.15, 0.2) is 30.3 Å². The summed E-state index contributed by atoms with van der Waals surface area (Å²) in [7, 11) is 0. The molecule has 2 rings (SSSR count). The second-order valence-corrected chi connectivity index (χ2v) is 4.31. The Bertz CT molecular complexity index is 588. The molecule has 0 bridgehead atoms. The van der Waals surface area contributed by atoms with E-state index >= 15 is 0 Å². The summed E-state index contributed by atoms with van der Waals surface area (Å²) in [5, 5.41) is 3.27. The van der Waals surface area contributed by atoms with E-state index < -0.39 is 5.91 Å². The first kappa shape index (κ1) is 12.7. The predicted octanol–water partition coefficient (Wildman–Crippen LogP) is 3.39. The number of aromatic amines is 1. The van der Waals surface area contributed by atoms with Gasteiger partial charge >= 0.3 is 0 Å². The lowest BCUT2D eigenvalue weighted by Crippen LogP contribution is -2.13. The van der Waals surface area contributed by atoms with Gasteiger partial charge in [0.25, 0.3) is 5.91 Å². The number of rotatable bonds is 3. The van der Waals surface area contributed by atoms with Gasteiger partial charge < -0.3 is 10.3 Å². The van der Waals surface area contributed by atoms with Gasteiger partial charge in [0.15, 0.2) is 6.29 Å². The third kappa shape index (κ3) is 2.55. The van der Waals surface area contributed by atoms with Gasteiger partial charge in [-0.15, -0.1) is 0 Å². The molecule has 1 amide bonds. The topological polar surface area (TPSA) is 62.0 Å². The molecule has 0 unspecified atom stereocenters. The van der Waals surface area contributed by atoms with E-state index in [1.165, 1.54) is 12.1 Å². The molecule has 2 aromatic rings. The molecule has 0 fully saturated rings. The highest BCUT2D eigenvalue weighted by molar-refractivity contribution is 6.40. The van der Waals surface area contributed by atoms with E-state index in [0.717, 1.165) is 0 Å². The van der Waals surface area contributed by atoms with Crippen molar-refractivity contribution in [3.8, 4) is 0 Å². The predicted molar refractivity (Wildman–Crippen MR) is 70.6 cm³/mol. The number of aromatic nitrogens is 1. The molecule has 0 saturated carbocycles. The lowest BCUT2D eigenvalue weighted by atomic mass is 10.3. The highest BCUT2D eigenvalue weighted by Gasteiger charge is 2.12. The van der Waals surface area contributed by atoms with E-state index in [4.69, 9.17) is 23.2 Å². The van der Waals surface area contributed by atoms with Crippen molar-refractivity contribution in [1.82, 2.24) is 4.98 Å². The summed E-state index contributed by atoms with van der Waals surface area (Å²) in [5.74, 6) is -0.418. The maximum Gasteiger partial charge on any atom is 0.272 e. The van der Waals surface area contributed by atoms with E-state index in [1.54, 1.807) is 18.2 Å². The highest BCUT2D eigenvalue weighted by atomic mass is 35.5. The average Bonchev–Trinajstić information content (AvgIpc) is 2.82. The van der Waals surface area contributed by atoms with Crippen LogP contribution < -0.4 is 5.32 Å². The Morgan fingerprint density at radius 1 is 1.17 bits per heavy atom. The molecule has 0 aliphatic rings. The first-order chi connectivity index (χ1) is 8.61. The number of H-pyrrole nitrogens is 1. The van der Waals surface area contributed by atoms with Crippen molar-refractivity contribution in [1.29, 1.82) is 0 Å². The van der Waals surface area contributed by atoms with Gasteiger partial charge in [-0.05, 0) is 24.3 Å². The number of anilines is 1. The molecule has 1 aromatic carbocycles. The number of benzene rings is 1. The van der Waals surface area contributed by atoms with Crippen molar-refractivity contribution in [2.24, 2.45) is 0 Å². The summed E-state index contributed by atoms with van der Waals surface area (Å²) < 4.78 is 0. The number of nitrogens with one attached hydrogen (secondary N) is 2. The minimum atomic E-state index is -0.418. The van der Waals surface area contributed by atoms with E-state index in [1.807, 2.05) is 0 Å². The molecule has 0 atom stereocenters. The maximum absolute atomic E-state index is 11.9. The quantitative estimate of drug-likeness (QED) is 0.848. The second-order valence-electron chi connectivity index (χ2n) is 3.50. The molecule has 0 aliphatic carbocycles. The highest BCUT2D eigenvalue weighted by Crippen LogP contribution is 2.30. The minimum absolute atomic E-state index is 0.257. The van der Waals surface area contributed by atoms with Crippen LogP contribution in [0.3, 0.4) is 0 Å². The number of carbonyl (C=O) groups excluding carboxylic acids is 2. The number of aldehydes is 1. The van der Waals surface area contributed by atoms with Gasteiger partial charge in [-0.1, -0.05) is 29.3 Å². The number of halogens is 2. The first-order valence-corrected chi connectivity index (χ1v) is 5.77. The Morgan fingerprint density at radius 2 is 1.83 bits per heavy atom. The molecule has 6 heteroatoms. The van der Waals surface area contributed by atoms with Gasteiger partial charge in [-0.25, -0.2) is 0 Å². The van der Waals surface area contributed by atoms with Crippen molar-refractivity contribution in [2.75, 3.05) is 5.32 Å². The zero-order valence-electron chi connectivity index (χ0n) is 9.04. The van der Waals surface area contributed by atoms with Crippen molar-refractivity contribution < 1.29 is 9.59 Å². The lowest BCUT2D eigenvalue weighted by Gasteiger charge is -2.07. The largest absolute Gasteiger partial charge is 0.348 e. The van der Waals surface area contributed by atoms with Crippen molar-refractivity contribution in [3.63, 3.8) is 0 Å². The van der Waals surface area contributed by atoms with Crippen LogP contribution in [0.25, 0.3) is 0 Å². The molecular formula is C12H8Cl2N2O2. The number of hydrogen-bond donors (Lipinski definition) is 2. The van der Waals surface area contributed by atoms with Crippen molar-refractivity contribution >= 4 is 41.1 Å². The molecule has 0 spiro atoms. The second kappa shape index (κ2) is 5.25. The standard InChI is InChI=1S/C12H8Cl2N2O2/c13-8-2-1-3-9(14)11(8)16-12(18)10-5-4-7(6-17)15-10/h1-6,15H,(H,16,18). The van der Waals surface area contributed by atoms with E-state index in [0.29, 0.717) is 27.7 Å². The van der Waals surface area contributed by atoms with Crippen LogP contribution in [0.2, 0.25) is 10.0 Å². The van der Waals surface area contributed by atoms with Gasteiger partial charge in [-0.2, -0.15) is 0 Å². The summed E-state index contributed by atoms with van der Waals surface area (Å²) in [6, 6.07) is 7.93. The van der Waals surface area contributed by atoms with Crippen LogP contribution in [0, 0.1) is 0 Å². The van der Waals surface area contributed by atoms with Crippen molar-refractivity contribution in [3.05, 3.63) is 51.8 Å². The van der Waals surface area contributed by atoms with Gasteiger partial charge in [0.2, 0.25) is 0 Å². The maximum atomic E-state index is 11.9. The zero-order chi connectivity index (χ0) is 13.1. The van der Waals surface area contributed by atoms with Gasteiger partial charge in [0, 0.05) is 0 Å². The summed E-state index contributed by atoms with van der Waals surface area (Å²) >= 11 is 11.9. The van der Waals surface area contributed by atoms with Crippen LogP contribution in [-0.2, 0) is 0 Å². The number of carbonyl (C=O) groups is 2. The number of amides is 1. The summed E-state index contributed by atoms with van der Waals surface area (Å²) in [6.45, 7) is 0. The Balaban J connectivity index is 2.23. The Labute approximate surface area is 113 Å². The van der Waals surface area contributed by atoms with Crippen molar-refractivity contribution in [2.45, 2.75) is 0 Å². The molecule has 0 aliphatic heterocycles. The van der Waals surface area contributed by atoms with E-state index in [9.17, 15) is 9.59 Å². The Hall–Kier alpha value is -1.78. The molecule has 1 aromatic heterocycles. The number of para-hydroxylation sites is 1. The fourth-order valence-corrected chi connectivity index (χ4v) is 1.90. The molecule has 0 saturated heterocycles. The van der Waals surface area contributed by atoms with Gasteiger partial charge in [-0.3, -0.25) is 9.59 Å². The van der Waals surface area contributed by atoms with Crippen LogP contribution >= 0.6 is 23.2 Å². The smallest absolute Gasteiger partial charge is 0.272 e. The monoisotopic (exact) mass is 282 g/mol. The molecule has 4 nitrogen and oxygen atoms in total. The minimum Gasteiger partial charge on any atom is -0.348 e. The summed E-state index contributed by atoms with van der Waals surface area (Å²) in [6.07, 6.45) is 0.624.